The highest BCUT2D eigenvalue weighted by Crippen LogP contribution is 2.33. The Bertz CT molecular complexity index is 791. The minimum Gasteiger partial charge on any atom is -0.322 e. The second-order valence-electron chi connectivity index (χ2n) is 7.90. The zero-order valence-electron chi connectivity index (χ0n) is 17.1. The lowest BCUT2D eigenvalue weighted by molar-refractivity contribution is 0.483. The highest BCUT2D eigenvalue weighted by molar-refractivity contribution is 7.99. The van der Waals surface area contributed by atoms with E-state index in [-0.39, 0.29) is 11.6 Å². The van der Waals surface area contributed by atoms with Crippen molar-refractivity contribution in [2.75, 3.05) is 0 Å². The van der Waals surface area contributed by atoms with Gasteiger partial charge in [0.1, 0.15) is 0 Å². The second-order valence-corrected chi connectivity index (χ2v) is 9.17. The Labute approximate surface area is 167 Å². The molecule has 2 aromatic heterocycles. The molecular weight excluding hydrogens is 356 g/mol. The predicted molar refractivity (Wildman–Crippen MR) is 114 cm³/mol. The van der Waals surface area contributed by atoms with Crippen molar-refractivity contribution >= 4 is 22.9 Å². The minimum absolute atomic E-state index is 0.0833. The molecule has 27 heavy (non-hydrogen) atoms. The Morgan fingerprint density at radius 2 is 1.96 bits per heavy atom. The van der Waals surface area contributed by atoms with Gasteiger partial charge >= 0.3 is 0 Å². The first-order chi connectivity index (χ1) is 13.2. The third-order valence-corrected chi connectivity index (χ3v) is 6.95. The normalized spacial score (nSPS) is 16.9. The Morgan fingerprint density at radius 3 is 2.67 bits per heavy atom. The number of aromatic nitrogens is 4. The van der Waals surface area contributed by atoms with Crippen LogP contribution in [0.5, 0.6) is 0 Å². The third-order valence-electron chi connectivity index (χ3n) is 5.63. The van der Waals surface area contributed by atoms with Gasteiger partial charge in [-0.2, -0.15) is 0 Å². The fourth-order valence-corrected chi connectivity index (χ4v) is 5.32. The van der Waals surface area contributed by atoms with E-state index in [4.69, 9.17) is 4.98 Å². The van der Waals surface area contributed by atoms with Crippen LogP contribution in [-0.2, 0) is 6.54 Å². The molecule has 0 bridgehead atoms. The Morgan fingerprint density at radius 1 is 1.19 bits per heavy atom. The van der Waals surface area contributed by atoms with Gasteiger partial charge in [0.25, 0.3) is 5.56 Å². The van der Waals surface area contributed by atoms with Gasteiger partial charge in [-0.1, -0.05) is 64.1 Å². The summed E-state index contributed by atoms with van der Waals surface area (Å²) in [6.07, 6.45) is 13.8. The molecule has 1 fully saturated rings. The smallest absolute Gasteiger partial charge is 0.280 e. The summed E-state index contributed by atoms with van der Waals surface area (Å²) >= 11 is 1.80. The molecule has 1 aliphatic rings. The first-order valence-corrected chi connectivity index (χ1v) is 11.7. The Kier molecular flexibility index (Phi) is 7.39. The molecule has 3 rings (SSSR count). The van der Waals surface area contributed by atoms with Crippen molar-refractivity contribution in [2.45, 2.75) is 108 Å². The van der Waals surface area contributed by atoms with Gasteiger partial charge in [0.15, 0.2) is 16.3 Å². The Balaban J connectivity index is 1.93. The average Bonchev–Trinajstić information content (AvgIpc) is 3.10. The van der Waals surface area contributed by atoms with Crippen LogP contribution in [0.15, 0.2) is 16.3 Å². The lowest BCUT2D eigenvalue weighted by Gasteiger charge is -2.22. The van der Waals surface area contributed by atoms with Crippen molar-refractivity contribution in [3.63, 3.8) is 0 Å². The SMILES string of the molecule is CCCCCC(C)n1cnc2nc(SC3CCCCC3)n(CCC)c(=O)c21. The molecule has 1 atom stereocenters. The van der Waals surface area contributed by atoms with Crippen LogP contribution in [-0.4, -0.2) is 24.4 Å². The Hall–Kier alpha value is -1.30. The molecule has 1 aliphatic carbocycles. The van der Waals surface area contributed by atoms with E-state index in [0.717, 1.165) is 24.5 Å². The van der Waals surface area contributed by atoms with Gasteiger partial charge in [0.05, 0.1) is 6.33 Å². The van der Waals surface area contributed by atoms with Crippen molar-refractivity contribution in [1.29, 1.82) is 0 Å². The van der Waals surface area contributed by atoms with E-state index in [1.165, 1.54) is 51.4 Å². The topological polar surface area (TPSA) is 52.7 Å². The molecule has 0 aliphatic heterocycles. The van der Waals surface area contributed by atoms with Crippen LogP contribution in [0, 0.1) is 0 Å². The number of hydrogen-bond acceptors (Lipinski definition) is 4. The van der Waals surface area contributed by atoms with Crippen LogP contribution in [0.4, 0.5) is 0 Å². The van der Waals surface area contributed by atoms with Gasteiger partial charge in [0.2, 0.25) is 0 Å². The number of rotatable bonds is 9. The largest absolute Gasteiger partial charge is 0.322 e. The first kappa shape index (κ1) is 20.4. The fourth-order valence-electron chi connectivity index (χ4n) is 4.01. The van der Waals surface area contributed by atoms with Crippen molar-refractivity contribution < 1.29 is 0 Å². The number of unbranched alkanes of at least 4 members (excludes halogenated alkanes) is 2. The van der Waals surface area contributed by atoms with Crippen LogP contribution < -0.4 is 5.56 Å². The van der Waals surface area contributed by atoms with E-state index in [1.807, 2.05) is 10.9 Å². The van der Waals surface area contributed by atoms with Gasteiger partial charge < -0.3 is 4.57 Å². The summed E-state index contributed by atoms with van der Waals surface area (Å²) in [5.74, 6) is 0. The van der Waals surface area contributed by atoms with Crippen molar-refractivity contribution in [2.24, 2.45) is 0 Å². The van der Waals surface area contributed by atoms with Crippen LogP contribution in [0.25, 0.3) is 11.2 Å². The lowest BCUT2D eigenvalue weighted by Crippen LogP contribution is -2.26. The summed E-state index contributed by atoms with van der Waals surface area (Å²) in [5.41, 5.74) is 1.38. The molecule has 0 saturated heterocycles. The molecule has 5 nitrogen and oxygen atoms in total. The quantitative estimate of drug-likeness (QED) is 0.415. The summed E-state index contributed by atoms with van der Waals surface area (Å²) in [7, 11) is 0. The molecule has 0 radical (unpaired) electrons. The zero-order valence-corrected chi connectivity index (χ0v) is 17.9. The minimum atomic E-state index is 0.0833. The standard InChI is InChI=1S/C21H34N4OS/c1-4-6-8-11-16(3)25-15-22-19-18(25)20(26)24(14-5-2)21(23-19)27-17-12-9-7-10-13-17/h15-17H,4-14H2,1-3H3. The first-order valence-electron chi connectivity index (χ1n) is 10.8. The molecule has 0 aromatic carbocycles. The van der Waals surface area contributed by atoms with Gasteiger partial charge in [-0.3, -0.25) is 9.36 Å². The van der Waals surface area contributed by atoms with Crippen molar-refractivity contribution in [3.8, 4) is 0 Å². The number of fused-ring (bicyclic) bond motifs is 1. The van der Waals surface area contributed by atoms with Gasteiger partial charge in [-0.15, -0.1) is 0 Å². The maximum atomic E-state index is 13.3. The summed E-state index contributed by atoms with van der Waals surface area (Å²) in [5, 5.41) is 1.45. The lowest BCUT2D eigenvalue weighted by atomic mass is 10.0. The third kappa shape index (κ3) is 4.76. The summed E-state index contributed by atoms with van der Waals surface area (Å²) in [4.78, 5) is 22.7. The number of hydrogen-bond donors (Lipinski definition) is 0. The average molecular weight is 391 g/mol. The van der Waals surface area contributed by atoms with E-state index >= 15 is 0 Å². The molecular formula is C21H34N4OS. The number of imidazole rings is 1. The molecule has 1 saturated carbocycles. The highest BCUT2D eigenvalue weighted by Gasteiger charge is 2.22. The summed E-state index contributed by atoms with van der Waals surface area (Å²) in [6.45, 7) is 7.25. The zero-order chi connectivity index (χ0) is 19.2. The maximum absolute atomic E-state index is 13.3. The van der Waals surface area contributed by atoms with Crippen LogP contribution >= 0.6 is 11.8 Å². The van der Waals surface area contributed by atoms with Gasteiger partial charge in [-0.25, -0.2) is 9.97 Å². The van der Waals surface area contributed by atoms with E-state index in [1.54, 1.807) is 11.8 Å². The monoisotopic (exact) mass is 390 g/mol. The van der Waals surface area contributed by atoms with Crippen molar-refractivity contribution in [3.05, 3.63) is 16.7 Å². The highest BCUT2D eigenvalue weighted by atomic mass is 32.2. The van der Waals surface area contributed by atoms with Gasteiger partial charge in [-0.05, 0) is 32.6 Å². The number of thioether (sulfide) groups is 1. The number of nitrogens with zero attached hydrogens (tertiary/aromatic N) is 4. The van der Waals surface area contributed by atoms with E-state index < -0.39 is 0 Å². The molecule has 2 aromatic rings. The van der Waals surface area contributed by atoms with E-state index in [0.29, 0.717) is 16.4 Å². The molecule has 150 valence electrons. The summed E-state index contributed by atoms with van der Waals surface area (Å²) in [6, 6.07) is 0.281. The predicted octanol–water partition coefficient (Wildman–Crippen LogP) is 5.57. The molecule has 1 unspecified atom stereocenters. The van der Waals surface area contributed by atoms with Crippen LogP contribution in [0.1, 0.15) is 91.0 Å². The molecule has 0 N–H and O–H groups in total. The molecule has 6 heteroatoms. The van der Waals surface area contributed by atoms with Crippen LogP contribution in [0.2, 0.25) is 0 Å². The van der Waals surface area contributed by atoms with Gasteiger partial charge in [0, 0.05) is 17.8 Å². The molecule has 2 heterocycles. The van der Waals surface area contributed by atoms with E-state index in [2.05, 4.69) is 30.3 Å². The maximum Gasteiger partial charge on any atom is 0.280 e. The van der Waals surface area contributed by atoms with E-state index in [9.17, 15) is 4.79 Å². The second kappa shape index (κ2) is 9.76. The van der Waals surface area contributed by atoms with Crippen LogP contribution in [0.3, 0.4) is 0 Å². The fraction of sp³-hybridized carbons (Fsp3) is 0.762. The summed E-state index contributed by atoms with van der Waals surface area (Å²) < 4.78 is 3.96. The molecule has 0 spiro atoms. The van der Waals surface area contributed by atoms with Crippen molar-refractivity contribution in [1.82, 2.24) is 19.1 Å². The molecule has 0 amide bonds.